The van der Waals surface area contributed by atoms with Crippen LogP contribution in [0.5, 0.6) is 17.2 Å². The van der Waals surface area contributed by atoms with Crippen molar-refractivity contribution in [3.8, 4) is 17.2 Å². The molecule has 2 aromatic carbocycles. The molecule has 2 N–H and O–H groups in total. The van der Waals surface area contributed by atoms with Crippen LogP contribution in [0.1, 0.15) is 24.0 Å². The summed E-state index contributed by atoms with van der Waals surface area (Å²) in [5.41, 5.74) is 4.40. The molecule has 0 unspecified atom stereocenters. The number of rotatable bonds is 8. The minimum Gasteiger partial charge on any atom is -0.504 e. The molecule has 0 radical (unpaired) electrons. The number of ether oxygens (including phenoxy) is 2. The monoisotopic (exact) mass is 468 g/mol. The molecule has 26 heavy (non-hydrogen) atoms. The molecule has 2 rings (SSSR count). The predicted molar refractivity (Wildman–Crippen MR) is 109 cm³/mol. The van der Waals surface area contributed by atoms with Gasteiger partial charge in [-0.3, -0.25) is 4.79 Å². The topological polar surface area (TPSA) is 80.2 Å². The molecular weight excluding hydrogens is 447 g/mol. The van der Waals surface area contributed by atoms with Crippen LogP contribution >= 0.6 is 22.6 Å². The third-order valence-corrected chi connectivity index (χ3v) is 4.52. The number of methoxy groups -OCH3 is 2. The van der Waals surface area contributed by atoms with Crippen molar-refractivity contribution in [1.29, 1.82) is 0 Å². The van der Waals surface area contributed by atoms with Crippen molar-refractivity contribution in [2.75, 3.05) is 14.2 Å². The van der Waals surface area contributed by atoms with Crippen molar-refractivity contribution in [2.24, 2.45) is 5.10 Å². The molecule has 138 valence electrons. The number of carbonyl (C=O) groups excluding carboxylic acids is 1. The van der Waals surface area contributed by atoms with E-state index in [9.17, 15) is 9.90 Å². The Morgan fingerprint density at radius 3 is 2.62 bits per heavy atom. The van der Waals surface area contributed by atoms with Crippen LogP contribution in [0, 0.1) is 3.57 Å². The van der Waals surface area contributed by atoms with Crippen LogP contribution < -0.4 is 14.9 Å². The van der Waals surface area contributed by atoms with Gasteiger partial charge in [0.2, 0.25) is 5.91 Å². The molecule has 0 fully saturated rings. The summed E-state index contributed by atoms with van der Waals surface area (Å²) in [6.45, 7) is 0. The van der Waals surface area contributed by atoms with Gasteiger partial charge in [-0.25, -0.2) is 5.43 Å². The highest BCUT2D eigenvalue weighted by Crippen LogP contribution is 2.31. The Balaban J connectivity index is 1.79. The standard InChI is InChI=1S/C19H21IN2O4/c1-25-15-8-6-13(7-9-15)4-3-5-18(23)22-21-12-14-10-16(20)19(24)17(11-14)26-2/h6-12,24H,3-5H2,1-2H3,(H,22,23)/b21-12+. The minimum absolute atomic E-state index is 0.0906. The average Bonchev–Trinajstić information content (AvgIpc) is 2.65. The van der Waals surface area contributed by atoms with Gasteiger partial charge in [-0.1, -0.05) is 12.1 Å². The van der Waals surface area contributed by atoms with Gasteiger partial charge in [-0.2, -0.15) is 5.10 Å². The highest BCUT2D eigenvalue weighted by atomic mass is 127. The second-order valence-electron chi connectivity index (χ2n) is 5.55. The Bertz CT molecular complexity index is 776. The molecule has 0 atom stereocenters. The number of halogens is 1. The molecular formula is C19H21IN2O4. The highest BCUT2D eigenvalue weighted by molar-refractivity contribution is 14.1. The Labute approximate surface area is 166 Å². The summed E-state index contributed by atoms with van der Waals surface area (Å²) in [5, 5.41) is 13.8. The molecule has 0 aliphatic carbocycles. The fourth-order valence-electron chi connectivity index (χ4n) is 2.30. The Hall–Kier alpha value is -2.29. The maximum Gasteiger partial charge on any atom is 0.240 e. The van der Waals surface area contributed by atoms with E-state index in [2.05, 4.69) is 10.5 Å². The maximum atomic E-state index is 11.9. The van der Waals surface area contributed by atoms with E-state index < -0.39 is 0 Å². The number of benzene rings is 2. The first-order valence-corrected chi connectivity index (χ1v) is 9.12. The van der Waals surface area contributed by atoms with E-state index in [1.807, 2.05) is 46.9 Å². The second kappa shape index (κ2) is 10.0. The Kier molecular flexibility index (Phi) is 7.71. The highest BCUT2D eigenvalue weighted by Gasteiger charge is 2.07. The number of nitrogens with zero attached hydrogens (tertiary/aromatic N) is 1. The maximum absolute atomic E-state index is 11.9. The van der Waals surface area contributed by atoms with E-state index in [0.29, 0.717) is 15.7 Å². The Morgan fingerprint density at radius 1 is 1.23 bits per heavy atom. The van der Waals surface area contributed by atoms with Gasteiger partial charge in [0.15, 0.2) is 11.5 Å². The molecule has 0 heterocycles. The number of amides is 1. The Morgan fingerprint density at radius 2 is 1.96 bits per heavy atom. The molecule has 0 aliphatic heterocycles. The van der Waals surface area contributed by atoms with Crippen molar-refractivity contribution >= 4 is 34.7 Å². The molecule has 0 spiro atoms. The number of carbonyl (C=O) groups is 1. The summed E-state index contributed by atoms with van der Waals surface area (Å²) in [6.07, 6.45) is 3.46. The van der Waals surface area contributed by atoms with Crippen molar-refractivity contribution in [2.45, 2.75) is 19.3 Å². The number of hydrazone groups is 1. The zero-order chi connectivity index (χ0) is 18.9. The third kappa shape index (κ3) is 5.91. The van der Waals surface area contributed by atoms with Crippen LogP contribution in [0.25, 0.3) is 0 Å². The van der Waals surface area contributed by atoms with Crippen LogP contribution in [0.15, 0.2) is 41.5 Å². The molecule has 0 aromatic heterocycles. The lowest BCUT2D eigenvalue weighted by Crippen LogP contribution is -2.17. The van der Waals surface area contributed by atoms with Gasteiger partial charge in [-0.15, -0.1) is 0 Å². The summed E-state index contributed by atoms with van der Waals surface area (Å²) in [7, 11) is 3.12. The molecule has 0 saturated carbocycles. The number of aryl methyl sites for hydroxylation is 1. The van der Waals surface area contributed by atoms with Gasteiger partial charge >= 0.3 is 0 Å². The van der Waals surface area contributed by atoms with Gasteiger partial charge in [0, 0.05) is 6.42 Å². The van der Waals surface area contributed by atoms with Gasteiger partial charge in [0.1, 0.15) is 5.75 Å². The fourth-order valence-corrected chi connectivity index (χ4v) is 2.93. The average molecular weight is 468 g/mol. The van der Waals surface area contributed by atoms with Crippen LogP contribution in [0.3, 0.4) is 0 Å². The van der Waals surface area contributed by atoms with Crippen molar-refractivity contribution in [3.05, 3.63) is 51.1 Å². The molecule has 1 amide bonds. The normalized spacial score (nSPS) is 10.7. The molecule has 2 aromatic rings. The fraction of sp³-hybridized carbons (Fsp3) is 0.263. The van der Waals surface area contributed by atoms with Gasteiger partial charge in [-0.05, 0) is 70.8 Å². The van der Waals surface area contributed by atoms with Gasteiger partial charge in [0.05, 0.1) is 24.0 Å². The van der Waals surface area contributed by atoms with Crippen molar-refractivity contribution in [3.63, 3.8) is 0 Å². The number of aromatic hydroxyl groups is 1. The summed E-state index contributed by atoms with van der Waals surface area (Å²) < 4.78 is 10.9. The molecule has 0 bridgehead atoms. The van der Waals surface area contributed by atoms with E-state index >= 15 is 0 Å². The first kappa shape index (κ1) is 20.0. The lowest BCUT2D eigenvalue weighted by atomic mass is 10.1. The van der Waals surface area contributed by atoms with E-state index in [0.717, 1.165) is 29.7 Å². The molecule has 7 heteroatoms. The zero-order valence-electron chi connectivity index (χ0n) is 14.7. The summed E-state index contributed by atoms with van der Waals surface area (Å²) in [5.74, 6) is 1.13. The minimum atomic E-state index is -0.143. The van der Waals surface area contributed by atoms with Crippen molar-refractivity contribution < 1.29 is 19.4 Å². The quantitative estimate of drug-likeness (QED) is 0.353. The second-order valence-corrected chi connectivity index (χ2v) is 6.71. The molecule has 0 saturated heterocycles. The zero-order valence-corrected chi connectivity index (χ0v) is 16.8. The van der Waals surface area contributed by atoms with Crippen LogP contribution in [-0.4, -0.2) is 31.4 Å². The van der Waals surface area contributed by atoms with Crippen LogP contribution in [0.4, 0.5) is 0 Å². The number of phenols is 1. The van der Waals surface area contributed by atoms with Gasteiger partial charge < -0.3 is 14.6 Å². The summed E-state index contributed by atoms with van der Waals surface area (Å²) >= 11 is 2.01. The smallest absolute Gasteiger partial charge is 0.240 e. The molecule has 0 aliphatic rings. The lowest BCUT2D eigenvalue weighted by Gasteiger charge is -2.06. The SMILES string of the molecule is COc1ccc(CCCC(=O)N/N=C/c2cc(I)c(O)c(OC)c2)cc1. The summed E-state index contributed by atoms with van der Waals surface area (Å²) in [6, 6.07) is 11.2. The predicted octanol–water partition coefficient (Wildman–Crippen LogP) is 3.49. The largest absolute Gasteiger partial charge is 0.504 e. The van der Waals surface area contributed by atoms with Gasteiger partial charge in [0.25, 0.3) is 0 Å². The third-order valence-electron chi connectivity index (χ3n) is 3.70. The lowest BCUT2D eigenvalue weighted by molar-refractivity contribution is -0.121. The number of hydrogen-bond acceptors (Lipinski definition) is 5. The summed E-state index contributed by atoms with van der Waals surface area (Å²) in [4.78, 5) is 11.9. The van der Waals surface area contributed by atoms with Crippen LogP contribution in [-0.2, 0) is 11.2 Å². The van der Waals surface area contributed by atoms with E-state index in [4.69, 9.17) is 9.47 Å². The first-order chi connectivity index (χ1) is 12.5. The van der Waals surface area contributed by atoms with E-state index in [1.54, 1.807) is 19.2 Å². The van der Waals surface area contributed by atoms with Crippen LogP contribution in [0.2, 0.25) is 0 Å². The van der Waals surface area contributed by atoms with E-state index in [1.165, 1.54) is 13.3 Å². The molecule has 6 nitrogen and oxygen atoms in total. The van der Waals surface area contributed by atoms with Crippen molar-refractivity contribution in [1.82, 2.24) is 5.43 Å². The van der Waals surface area contributed by atoms with E-state index in [-0.39, 0.29) is 11.7 Å². The number of phenolic OH excluding ortho intramolecular Hbond substituents is 1. The first-order valence-electron chi connectivity index (χ1n) is 8.05. The number of nitrogens with one attached hydrogen (secondary N) is 1. The number of hydrogen-bond donors (Lipinski definition) is 2.